The van der Waals surface area contributed by atoms with Crippen LogP contribution in [0.3, 0.4) is 0 Å². The lowest BCUT2D eigenvalue weighted by molar-refractivity contribution is 0.0947. The van der Waals surface area contributed by atoms with Gasteiger partial charge in [0.25, 0.3) is 5.91 Å². The molecule has 0 bridgehead atoms. The maximum Gasteiger partial charge on any atom is 0.255 e. The summed E-state index contributed by atoms with van der Waals surface area (Å²) in [5.41, 5.74) is 1.46. The second-order valence-electron chi connectivity index (χ2n) is 4.34. The monoisotopic (exact) mass is 397 g/mol. The average molecular weight is 397 g/mol. The summed E-state index contributed by atoms with van der Waals surface area (Å²) < 4.78 is 11.6. The van der Waals surface area contributed by atoms with Crippen LogP contribution < -0.4 is 14.8 Å². The summed E-state index contributed by atoms with van der Waals surface area (Å²) in [6.07, 6.45) is 0. The van der Waals surface area contributed by atoms with Gasteiger partial charge in [-0.2, -0.15) is 0 Å². The number of nitrogens with one attached hydrogen (secondary N) is 1. The Kier molecular flexibility index (Phi) is 5.44. The van der Waals surface area contributed by atoms with E-state index in [0.29, 0.717) is 17.9 Å². The van der Waals surface area contributed by atoms with Crippen LogP contribution in [0.15, 0.2) is 42.5 Å². The van der Waals surface area contributed by atoms with E-state index in [9.17, 15) is 4.79 Å². The lowest BCUT2D eigenvalue weighted by atomic mass is 10.1. The molecule has 0 aliphatic carbocycles. The lowest BCUT2D eigenvalue weighted by Gasteiger charge is -2.12. The summed E-state index contributed by atoms with van der Waals surface area (Å²) >= 11 is 2.23. The van der Waals surface area contributed by atoms with Crippen LogP contribution in [0.2, 0.25) is 0 Å². The average Bonchev–Trinajstić information content (AvgIpc) is 2.52. The number of benzene rings is 2. The van der Waals surface area contributed by atoms with Gasteiger partial charge in [-0.1, -0.05) is 12.1 Å². The molecule has 0 atom stereocenters. The zero-order valence-electron chi connectivity index (χ0n) is 11.9. The third-order valence-corrected chi connectivity index (χ3v) is 3.70. The molecular formula is C16H16INO3. The van der Waals surface area contributed by atoms with Gasteiger partial charge in [0, 0.05) is 15.7 Å². The molecule has 0 aromatic heterocycles. The Morgan fingerprint density at radius 3 is 2.52 bits per heavy atom. The van der Waals surface area contributed by atoms with Gasteiger partial charge < -0.3 is 14.8 Å². The second-order valence-corrected chi connectivity index (χ2v) is 5.58. The van der Waals surface area contributed by atoms with E-state index in [1.165, 1.54) is 0 Å². The predicted molar refractivity (Wildman–Crippen MR) is 89.9 cm³/mol. The minimum absolute atomic E-state index is 0.173. The van der Waals surface area contributed by atoms with Gasteiger partial charge in [0.15, 0.2) is 0 Å². The number of hydrogen-bond acceptors (Lipinski definition) is 3. The summed E-state index contributed by atoms with van der Waals surface area (Å²) in [7, 11) is 3.17. The van der Waals surface area contributed by atoms with Gasteiger partial charge in [0.05, 0.1) is 19.8 Å². The first-order valence-corrected chi connectivity index (χ1v) is 7.47. The molecule has 2 aromatic rings. The maximum absolute atomic E-state index is 12.2. The number of ether oxygens (including phenoxy) is 2. The normalized spacial score (nSPS) is 10.0. The predicted octanol–water partition coefficient (Wildman–Crippen LogP) is 3.24. The number of hydrogen-bond donors (Lipinski definition) is 1. The quantitative estimate of drug-likeness (QED) is 0.789. The Bertz CT molecular complexity index is 643. The zero-order chi connectivity index (χ0) is 15.2. The van der Waals surface area contributed by atoms with Crippen molar-refractivity contribution in [2.45, 2.75) is 6.54 Å². The molecule has 110 valence electrons. The molecule has 21 heavy (non-hydrogen) atoms. The van der Waals surface area contributed by atoms with Gasteiger partial charge in [-0.3, -0.25) is 4.79 Å². The zero-order valence-corrected chi connectivity index (χ0v) is 14.0. The number of carbonyl (C=O) groups is 1. The molecule has 0 saturated carbocycles. The number of methoxy groups -OCH3 is 2. The van der Waals surface area contributed by atoms with Crippen LogP contribution in [0.1, 0.15) is 15.9 Å². The number of rotatable bonds is 5. The highest BCUT2D eigenvalue weighted by atomic mass is 127. The van der Waals surface area contributed by atoms with E-state index in [4.69, 9.17) is 9.47 Å². The first-order chi connectivity index (χ1) is 10.2. The van der Waals surface area contributed by atoms with Crippen LogP contribution in [0.5, 0.6) is 11.5 Å². The molecule has 0 fully saturated rings. The number of amides is 1. The Morgan fingerprint density at radius 2 is 1.81 bits per heavy atom. The van der Waals surface area contributed by atoms with Gasteiger partial charge in [-0.05, 0) is 52.9 Å². The van der Waals surface area contributed by atoms with E-state index in [2.05, 4.69) is 27.9 Å². The summed E-state index contributed by atoms with van der Waals surface area (Å²) in [5.74, 6) is 1.15. The molecule has 2 rings (SSSR count). The highest BCUT2D eigenvalue weighted by Gasteiger charge is 2.12. The molecule has 0 aliphatic heterocycles. The van der Waals surface area contributed by atoms with Crippen LogP contribution in [0.4, 0.5) is 0 Å². The van der Waals surface area contributed by atoms with Gasteiger partial charge in [-0.25, -0.2) is 0 Å². The molecule has 0 saturated heterocycles. The van der Waals surface area contributed by atoms with Crippen molar-refractivity contribution in [1.29, 1.82) is 0 Å². The van der Waals surface area contributed by atoms with Gasteiger partial charge >= 0.3 is 0 Å². The SMILES string of the molecule is COc1ccc(I)cc1CNC(=O)c1ccccc1OC. The molecular weight excluding hydrogens is 381 g/mol. The number of carbonyl (C=O) groups excluding carboxylic acids is 1. The van der Waals surface area contributed by atoms with Crippen LogP contribution >= 0.6 is 22.6 Å². The van der Waals surface area contributed by atoms with E-state index < -0.39 is 0 Å². The summed E-state index contributed by atoms with van der Waals surface area (Å²) in [5, 5.41) is 2.89. The van der Waals surface area contributed by atoms with Crippen LogP contribution in [0, 0.1) is 3.57 Å². The van der Waals surface area contributed by atoms with Crippen LogP contribution in [0.25, 0.3) is 0 Å². The van der Waals surface area contributed by atoms with Crippen molar-refractivity contribution in [3.05, 3.63) is 57.2 Å². The first-order valence-electron chi connectivity index (χ1n) is 6.39. The lowest BCUT2D eigenvalue weighted by Crippen LogP contribution is -2.23. The van der Waals surface area contributed by atoms with Crippen LogP contribution in [-0.4, -0.2) is 20.1 Å². The van der Waals surface area contributed by atoms with E-state index in [1.54, 1.807) is 26.4 Å². The van der Waals surface area contributed by atoms with Crippen molar-refractivity contribution in [2.75, 3.05) is 14.2 Å². The molecule has 0 aliphatic rings. The fourth-order valence-corrected chi connectivity index (χ4v) is 2.54. The molecule has 1 amide bonds. The Balaban J connectivity index is 2.13. The molecule has 5 heteroatoms. The van der Waals surface area contributed by atoms with E-state index in [1.807, 2.05) is 30.3 Å². The Hall–Kier alpha value is -1.76. The molecule has 0 spiro atoms. The largest absolute Gasteiger partial charge is 0.496 e. The number of halogens is 1. The van der Waals surface area contributed by atoms with Crippen molar-refractivity contribution in [3.63, 3.8) is 0 Å². The van der Waals surface area contributed by atoms with Crippen molar-refractivity contribution in [2.24, 2.45) is 0 Å². The van der Waals surface area contributed by atoms with E-state index in [-0.39, 0.29) is 5.91 Å². The van der Waals surface area contributed by atoms with Crippen molar-refractivity contribution < 1.29 is 14.3 Å². The van der Waals surface area contributed by atoms with Gasteiger partial charge in [0.2, 0.25) is 0 Å². The highest BCUT2D eigenvalue weighted by molar-refractivity contribution is 14.1. The number of para-hydroxylation sites is 1. The van der Waals surface area contributed by atoms with E-state index >= 15 is 0 Å². The fourth-order valence-electron chi connectivity index (χ4n) is 1.99. The van der Waals surface area contributed by atoms with Crippen molar-refractivity contribution in [3.8, 4) is 11.5 Å². The van der Waals surface area contributed by atoms with Crippen molar-refractivity contribution >= 4 is 28.5 Å². The maximum atomic E-state index is 12.2. The fraction of sp³-hybridized carbons (Fsp3) is 0.188. The highest BCUT2D eigenvalue weighted by Crippen LogP contribution is 2.21. The van der Waals surface area contributed by atoms with E-state index in [0.717, 1.165) is 14.9 Å². The molecule has 2 aromatic carbocycles. The smallest absolute Gasteiger partial charge is 0.255 e. The van der Waals surface area contributed by atoms with Crippen LogP contribution in [-0.2, 0) is 6.54 Å². The molecule has 1 N–H and O–H groups in total. The summed E-state index contributed by atoms with van der Waals surface area (Å²) in [6.45, 7) is 0.400. The minimum atomic E-state index is -0.173. The molecule has 0 unspecified atom stereocenters. The summed E-state index contributed by atoms with van der Waals surface area (Å²) in [4.78, 5) is 12.2. The second kappa shape index (κ2) is 7.31. The van der Waals surface area contributed by atoms with Crippen molar-refractivity contribution in [1.82, 2.24) is 5.32 Å². The third-order valence-electron chi connectivity index (χ3n) is 3.03. The first kappa shape index (κ1) is 15.6. The topological polar surface area (TPSA) is 47.6 Å². The van der Waals surface area contributed by atoms with Gasteiger partial charge in [0.1, 0.15) is 11.5 Å². The molecule has 0 heterocycles. The molecule has 4 nitrogen and oxygen atoms in total. The molecule has 0 radical (unpaired) electrons. The Labute approximate surface area is 137 Å². The Morgan fingerprint density at radius 1 is 1.10 bits per heavy atom. The summed E-state index contributed by atoms with van der Waals surface area (Å²) in [6, 6.07) is 13.0. The minimum Gasteiger partial charge on any atom is -0.496 e. The third kappa shape index (κ3) is 3.87. The van der Waals surface area contributed by atoms with Gasteiger partial charge in [-0.15, -0.1) is 0 Å². The standard InChI is InChI=1S/C16H16INO3/c1-20-14-8-7-12(17)9-11(14)10-18-16(19)13-5-3-4-6-15(13)21-2/h3-9H,10H2,1-2H3,(H,18,19).